The van der Waals surface area contributed by atoms with E-state index in [0.717, 1.165) is 6.54 Å². The van der Waals surface area contributed by atoms with E-state index in [-0.39, 0.29) is 5.54 Å². The summed E-state index contributed by atoms with van der Waals surface area (Å²) in [5.74, 6) is 0. The molecule has 0 radical (unpaired) electrons. The minimum Gasteiger partial charge on any atom is -0.373 e. The van der Waals surface area contributed by atoms with Crippen molar-refractivity contribution in [1.29, 1.82) is 0 Å². The van der Waals surface area contributed by atoms with Crippen molar-refractivity contribution in [2.24, 2.45) is 5.73 Å². The molecule has 0 aliphatic heterocycles. The molecule has 2 heteroatoms. The van der Waals surface area contributed by atoms with E-state index < -0.39 is 0 Å². The smallest absolute Gasteiger partial charge is 0.0366 e. The van der Waals surface area contributed by atoms with Crippen molar-refractivity contribution in [2.45, 2.75) is 31.7 Å². The van der Waals surface area contributed by atoms with Gasteiger partial charge in [0.1, 0.15) is 0 Å². The van der Waals surface area contributed by atoms with Crippen LogP contribution in [-0.4, -0.2) is 19.1 Å². The van der Waals surface area contributed by atoms with E-state index >= 15 is 0 Å². The van der Waals surface area contributed by atoms with Crippen LogP contribution in [0.15, 0.2) is 24.3 Å². The first-order chi connectivity index (χ1) is 7.09. The number of nitrogens with two attached hydrogens (primary N) is 1. The van der Waals surface area contributed by atoms with Gasteiger partial charge in [-0.25, -0.2) is 0 Å². The van der Waals surface area contributed by atoms with Crippen LogP contribution in [0.25, 0.3) is 0 Å². The minimum absolute atomic E-state index is 0.0680. The van der Waals surface area contributed by atoms with Crippen molar-refractivity contribution in [3.05, 3.63) is 29.8 Å². The van der Waals surface area contributed by atoms with E-state index in [9.17, 15) is 0 Å². The van der Waals surface area contributed by atoms with E-state index in [1.165, 1.54) is 30.5 Å². The SMILES string of the molecule is Cc1cccc(N(C)CC2(N)CCC2)c1. The van der Waals surface area contributed by atoms with Gasteiger partial charge in [0.15, 0.2) is 0 Å². The van der Waals surface area contributed by atoms with Gasteiger partial charge in [-0.3, -0.25) is 0 Å². The van der Waals surface area contributed by atoms with Crippen LogP contribution in [0.2, 0.25) is 0 Å². The van der Waals surface area contributed by atoms with Gasteiger partial charge >= 0.3 is 0 Å². The summed E-state index contributed by atoms with van der Waals surface area (Å²) in [4.78, 5) is 2.27. The van der Waals surface area contributed by atoms with Gasteiger partial charge < -0.3 is 10.6 Å². The quantitative estimate of drug-likeness (QED) is 0.818. The van der Waals surface area contributed by atoms with Gasteiger partial charge in [-0.1, -0.05) is 12.1 Å². The lowest BCUT2D eigenvalue weighted by Crippen LogP contribution is -2.54. The Kier molecular flexibility index (Phi) is 2.70. The van der Waals surface area contributed by atoms with Crippen LogP contribution in [0.3, 0.4) is 0 Å². The highest BCUT2D eigenvalue weighted by atomic mass is 15.1. The molecule has 1 aliphatic carbocycles. The third kappa shape index (κ3) is 2.32. The summed E-state index contributed by atoms with van der Waals surface area (Å²) in [6.45, 7) is 3.09. The highest BCUT2D eigenvalue weighted by Gasteiger charge is 2.33. The molecule has 2 rings (SSSR count). The fourth-order valence-corrected chi connectivity index (χ4v) is 2.22. The Bertz CT molecular complexity index is 342. The molecule has 0 saturated heterocycles. The standard InChI is InChI=1S/C13H20N2/c1-11-5-3-6-12(9-11)15(2)10-13(14)7-4-8-13/h3,5-6,9H,4,7-8,10,14H2,1-2H3. The molecule has 0 atom stereocenters. The number of aryl methyl sites for hydroxylation is 1. The summed E-state index contributed by atoms with van der Waals surface area (Å²) in [6, 6.07) is 8.58. The fourth-order valence-electron chi connectivity index (χ4n) is 2.22. The Balaban J connectivity index is 2.04. The van der Waals surface area contributed by atoms with Crippen LogP contribution >= 0.6 is 0 Å². The van der Waals surface area contributed by atoms with Crippen LogP contribution in [0.5, 0.6) is 0 Å². The van der Waals surface area contributed by atoms with Crippen LogP contribution in [0.1, 0.15) is 24.8 Å². The minimum atomic E-state index is 0.0680. The van der Waals surface area contributed by atoms with Crippen molar-refractivity contribution >= 4 is 5.69 Å². The molecule has 0 heterocycles. The maximum atomic E-state index is 6.24. The molecular formula is C13H20N2. The predicted molar refractivity (Wildman–Crippen MR) is 65.2 cm³/mol. The normalized spacial score (nSPS) is 18.3. The zero-order chi connectivity index (χ0) is 10.9. The van der Waals surface area contributed by atoms with Crippen LogP contribution in [-0.2, 0) is 0 Å². The number of benzene rings is 1. The molecule has 1 aliphatic rings. The second-order valence-electron chi connectivity index (χ2n) is 4.91. The number of nitrogens with zero attached hydrogens (tertiary/aromatic N) is 1. The molecule has 1 aromatic rings. The average Bonchev–Trinajstić information content (AvgIpc) is 2.15. The Hall–Kier alpha value is -1.02. The number of rotatable bonds is 3. The molecular weight excluding hydrogens is 184 g/mol. The molecule has 1 aromatic carbocycles. The zero-order valence-electron chi connectivity index (χ0n) is 9.66. The topological polar surface area (TPSA) is 29.3 Å². The summed E-state index contributed by atoms with van der Waals surface area (Å²) >= 11 is 0. The molecule has 0 aromatic heterocycles. The van der Waals surface area contributed by atoms with Gasteiger partial charge in [0.2, 0.25) is 0 Å². The first-order valence-corrected chi connectivity index (χ1v) is 5.66. The summed E-state index contributed by atoms with van der Waals surface area (Å²) < 4.78 is 0. The Morgan fingerprint density at radius 2 is 2.13 bits per heavy atom. The molecule has 0 spiro atoms. The third-order valence-corrected chi connectivity index (χ3v) is 3.34. The van der Waals surface area contributed by atoms with Gasteiger partial charge in [0.05, 0.1) is 0 Å². The molecule has 0 unspecified atom stereocenters. The first-order valence-electron chi connectivity index (χ1n) is 5.66. The van der Waals surface area contributed by atoms with Crippen LogP contribution in [0.4, 0.5) is 5.69 Å². The molecule has 1 saturated carbocycles. The Labute approximate surface area is 92.1 Å². The summed E-state index contributed by atoms with van der Waals surface area (Å²) in [5.41, 5.74) is 8.88. The van der Waals surface area contributed by atoms with Crippen molar-refractivity contribution in [3.63, 3.8) is 0 Å². The maximum Gasteiger partial charge on any atom is 0.0366 e. The maximum absolute atomic E-state index is 6.24. The highest BCUT2D eigenvalue weighted by Crippen LogP contribution is 2.30. The molecule has 2 nitrogen and oxygen atoms in total. The monoisotopic (exact) mass is 204 g/mol. The third-order valence-electron chi connectivity index (χ3n) is 3.34. The second-order valence-corrected chi connectivity index (χ2v) is 4.91. The predicted octanol–water partition coefficient (Wildman–Crippen LogP) is 2.31. The zero-order valence-corrected chi connectivity index (χ0v) is 9.66. The fraction of sp³-hybridized carbons (Fsp3) is 0.538. The van der Waals surface area contributed by atoms with E-state index in [1.807, 2.05) is 0 Å². The van der Waals surface area contributed by atoms with Crippen molar-refractivity contribution < 1.29 is 0 Å². The first kappa shape index (κ1) is 10.5. The van der Waals surface area contributed by atoms with Crippen LogP contribution in [0, 0.1) is 6.92 Å². The van der Waals surface area contributed by atoms with Gasteiger partial charge in [-0.05, 0) is 43.9 Å². The Morgan fingerprint density at radius 1 is 1.40 bits per heavy atom. The largest absolute Gasteiger partial charge is 0.373 e. The lowest BCUT2D eigenvalue weighted by molar-refractivity contribution is 0.255. The van der Waals surface area contributed by atoms with Gasteiger partial charge in [-0.15, -0.1) is 0 Å². The second kappa shape index (κ2) is 3.86. The number of hydrogen-bond acceptors (Lipinski definition) is 2. The summed E-state index contributed by atoms with van der Waals surface area (Å²) in [6.07, 6.45) is 3.63. The number of anilines is 1. The molecule has 1 fully saturated rings. The van der Waals surface area contributed by atoms with Crippen molar-refractivity contribution in [2.75, 3.05) is 18.5 Å². The summed E-state index contributed by atoms with van der Waals surface area (Å²) in [7, 11) is 2.13. The Morgan fingerprint density at radius 3 is 2.67 bits per heavy atom. The van der Waals surface area contributed by atoms with Crippen LogP contribution < -0.4 is 10.6 Å². The molecule has 2 N–H and O–H groups in total. The van der Waals surface area contributed by atoms with Gasteiger partial charge in [0.25, 0.3) is 0 Å². The lowest BCUT2D eigenvalue weighted by Gasteiger charge is -2.41. The number of hydrogen-bond donors (Lipinski definition) is 1. The lowest BCUT2D eigenvalue weighted by atomic mass is 9.77. The van der Waals surface area contributed by atoms with Crippen molar-refractivity contribution in [3.8, 4) is 0 Å². The average molecular weight is 204 g/mol. The number of likely N-dealkylation sites (N-methyl/N-ethyl adjacent to an activating group) is 1. The summed E-state index contributed by atoms with van der Waals surface area (Å²) in [5, 5.41) is 0. The highest BCUT2D eigenvalue weighted by molar-refractivity contribution is 5.48. The molecule has 0 bridgehead atoms. The van der Waals surface area contributed by atoms with Crippen molar-refractivity contribution in [1.82, 2.24) is 0 Å². The van der Waals surface area contributed by atoms with E-state index in [4.69, 9.17) is 5.73 Å². The van der Waals surface area contributed by atoms with E-state index in [2.05, 4.69) is 43.1 Å². The molecule has 82 valence electrons. The van der Waals surface area contributed by atoms with E-state index in [1.54, 1.807) is 0 Å². The molecule has 0 amide bonds. The van der Waals surface area contributed by atoms with Gasteiger partial charge in [0, 0.05) is 24.8 Å². The van der Waals surface area contributed by atoms with E-state index in [0.29, 0.717) is 0 Å². The van der Waals surface area contributed by atoms with Gasteiger partial charge in [-0.2, -0.15) is 0 Å². The molecule has 15 heavy (non-hydrogen) atoms.